The summed E-state index contributed by atoms with van der Waals surface area (Å²) in [4.78, 5) is 24.6. The third-order valence-electron chi connectivity index (χ3n) is 5.35. The lowest BCUT2D eigenvalue weighted by molar-refractivity contribution is -0.143. The van der Waals surface area contributed by atoms with Crippen molar-refractivity contribution in [2.24, 2.45) is 11.8 Å². The number of alkyl halides is 1. The Morgan fingerprint density at radius 3 is 2.80 bits per heavy atom. The Morgan fingerprint density at radius 2 is 2.05 bits per heavy atom. The van der Waals surface area contributed by atoms with Crippen molar-refractivity contribution in [3.05, 3.63) is 0 Å². The molecule has 5 heteroatoms. The second kappa shape index (κ2) is 5.41. The first kappa shape index (κ1) is 14.5. The monoisotopic (exact) mass is 343 g/mol. The van der Waals surface area contributed by atoms with Crippen LogP contribution in [0.2, 0.25) is 0 Å². The van der Waals surface area contributed by atoms with Crippen molar-refractivity contribution >= 4 is 27.6 Å². The molecule has 1 saturated heterocycles. The van der Waals surface area contributed by atoms with Crippen LogP contribution in [0, 0.1) is 11.8 Å². The molecule has 2 saturated carbocycles. The number of aliphatic hydroxyl groups is 1. The maximum atomic E-state index is 12.3. The lowest BCUT2D eigenvalue weighted by atomic mass is 9.71. The molecule has 4 nitrogen and oxygen atoms in total. The van der Waals surface area contributed by atoms with Crippen LogP contribution in [0.4, 0.5) is 0 Å². The molecule has 0 aromatic heterocycles. The van der Waals surface area contributed by atoms with Gasteiger partial charge in [-0.05, 0) is 38.5 Å². The molecule has 2 N–H and O–H groups in total. The highest BCUT2D eigenvalue weighted by Crippen LogP contribution is 2.44. The largest absolute Gasteiger partial charge is 0.380 e. The molecule has 0 aromatic carbocycles. The number of nitrogens with one attached hydrogen (secondary N) is 1. The summed E-state index contributed by atoms with van der Waals surface area (Å²) in [7, 11) is 0. The van der Waals surface area contributed by atoms with E-state index in [4.69, 9.17) is 0 Å². The summed E-state index contributed by atoms with van der Waals surface area (Å²) < 4.78 is 0. The molecule has 0 bridgehead atoms. The Bertz CT molecular complexity index is 427. The molecular formula is C15H22BrNO3. The van der Waals surface area contributed by atoms with E-state index in [-0.39, 0.29) is 29.6 Å². The van der Waals surface area contributed by atoms with E-state index in [2.05, 4.69) is 21.2 Å². The maximum absolute atomic E-state index is 12.3. The van der Waals surface area contributed by atoms with E-state index in [1.807, 2.05) is 0 Å². The van der Waals surface area contributed by atoms with Gasteiger partial charge in [0, 0.05) is 29.1 Å². The van der Waals surface area contributed by atoms with Gasteiger partial charge in [-0.25, -0.2) is 0 Å². The van der Waals surface area contributed by atoms with Crippen LogP contribution in [0.15, 0.2) is 0 Å². The molecule has 3 fully saturated rings. The van der Waals surface area contributed by atoms with E-state index >= 15 is 0 Å². The minimum atomic E-state index is -1.34. The van der Waals surface area contributed by atoms with Crippen LogP contribution in [-0.2, 0) is 9.59 Å². The molecule has 2 aliphatic carbocycles. The van der Waals surface area contributed by atoms with Gasteiger partial charge < -0.3 is 10.4 Å². The fourth-order valence-corrected chi connectivity index (χ4v) is 4.84. The van der Waals surface area contributed by atoms with Crippen molar-refractivity contribution in [1.29, 1.82) is 0 Å². The zero-order valence-corrected chi connectivity index (χ0v) is 13.2. The first-order valence-corrected chi connectivity index (χ1v) is 8.62. The molecular weight excluding hydrogens is 322 g/mol. The first-order valence-electron chi connectivity index (χ1n) is 7.71. The van der Waals surface area contributed by atoms with E-state index in [0.29, 0.717) is 17.7 Å². The number of ketones is 1. The number of carbonyl (C=O) groups excluding carboxylic acids is 2. The SMILES string of the molecule is O=C1CCCC[C@@H]1C[C@@]1(O)C(=O)N[C@H]2CC[C@@H](Br)C[C@H]21. The number of Topliss-reactive ketones (excluding diaryl/α,β-unsaturated/α-hetero) is 1. The fourth-order valence-electron chi connectivity index (χ4n) is 4.17. The van der Waals surface area contributed by atoms with E-state index in [9.17, 15) is 14.7 Å². The van der Waals surface area contributed by atoms with Crippen LogP contribution in [0.25, 0.3) is 0 Å². The normalized spacial score (nSPS) is 45.1. The zero-order chi connectivity index (χ0) is 14.3. The van der Waals surface area contributed by atoms with Crippen molar-refractivity contribution in [3.63, 3.8) is 0 Å². The Hall–Kier alpha value is -0.420. The minimum Gasteiger partial charge on any atom is -0.380 e. The van der Waals surface area contributed by atoms with Gasteiger partial charge in [0.05, 0.1) is 0 Å². The molecule has 0 aromatic rings. The van der Waals surface area contributed by atoms with Gasteiger partial charge >= 0.3 is 0 Å². The predicted octanol–water partition coefficient (Wildman–Crippen LogP) is 1.93. The van der Waals surface area contributed by atoms with Crippen molar-refractivity contribution in [3.8, 4) is 0 Å². The summed E-state index contributed by atoms with van der Waals surface area (Å²) in [6.07, 6.45) is 6.48. The average molecular weight is 344 g/mol. The Balaban J connectivity index is 1.78. The third kappa shape index (κ3) is 2.43. The van der Waals surface area contributed by atoms with Crippen LogP contribution >= 0.6 is 15.9 Å². The zero-order valence-electron chi connectivity index (χ0n) is 11.6. The van der Waals surface area contributed by atoms with E-state index < -0.39 is 5.60 Å². The van der Waals surface area contributed by atoms with Gasteiger partial charge in [0.15, 0.2) is 0 Å². The number of hydrogen-bond donors (Lipinski definition) is 2. The molecule has 0 radical (unpaired) electrons. The van der Waals surface area contributed by atoms with Crippen LogP contribution in [0.1, 0.15) is 51.4 Å². The summed E-state index contributed by atoms with van der Waals surface area (Å²) in [5, 5.41) is 13.9. The summed E-state index contributed by atoms with van der Waals surface area (Å²) in [6, 6.07) is 0.0833. The molecule has 5 atom stereocenters. The van der Waals surface area contributed by atoms with Gasteiger partial charge in [-0.3, -0.25) is 9.59 Å². The van der Waals surface area contributed by atoms with Crippen LogP contribution in [0.5, 0.6) is 0 Å². The second-order valence-electron chi connectivity index (χ2n) is 6.63. The van der Waals surface area contributed by atoms with Crippen LogP contribution < -0.4 is 5.32 Å². The van der Waals surface area contributed by atoms with Gasteiger partial charge in [0.2, 0.25) is 0 Å². The lowest BCUT2D eigenvalue weighted by Crippen LogP contribution is -2.47. The minimum absolute atomic E-state index is 0.0529. The van der Waals surface area contributed by atoms with Crippen molar-refractivity contribution in [2.75, 3.05) is 0 Å². The molecule has 3 rings (SSSR count). The predicted molar refractivity (Wildman–Crippen MR) is 78.5 cm³/mol. The van der Waals surface area contributed by atoms with Crippen LogP contribution in [-0.4, -0.2) is 33.3 Å². The Labute approximate surface area is 127 Å². The van der Waals surface area contributed by atoms with Crippen molar-refractivity contribution in [1.82, 2.24) is 5.32 Å². The Kier molecular flexibility index (Phi) is 3.93. The number of hydrogen-bond acceptors (Lipinski definition) is 3. The summed E-state index contributed by atoms with van der Waals surface area (Å²) in [5.41, 5.74) is -1.34. The van der Waals surface area contributed by atoms with E-state index in [0.717, 1.165) is 38.5 Å². The molecule has 1 amide bonds. The third-order valence-corrected chi connectivity index (χ3v) is 6.18. The lowest BCUT2D eigenvalue weighted by Gasteiger charge is -2.37. The first-order chi connectivity index (χ1) is 9.50. The highest BCUT2D eigenvalue weighted by molar-refractivity contribution is 9.09. The van der Waals surface area contributed by atoms with Gasteiger partial charge in [0.1, 0.15) is 11.4 Å². The van der Waals surface area contributed by atoms with E-state index in [1.165, 1.54) is 0 Å². The van der Waals surface area contributed by atoms with Crippen molar-refractivity contribution < 1.29 is 14.7 Å². The Morgan fingerprint density at radius 1 is 1.25 bits per heavy atom. The summed E-state index contributed by atoms with van der Waals surface area (Å²) in [5.74, 6) is -0.212. The highest BCUT2D eigenvalue weighted by Gasteiger charge is 2.56. The number of halogens is 1. The smallest absolute Gasteiger partial charge is 0.252 e. The molecule has 1 heterocycles. The molecule has 0 unspecified atom stereocenters. The standard InChI is InChI=1S/C15H22BrNO3/c16-10-5-6-12-11(7-10)15(20,14(19)17-12)8-9-3-1-2-4-13(9)18/h9-12,20H,1-8H2,(H,17,19)/t9-,10-,11-,12+,15+/m1/s1. The molecule has 20 heavy (non-hydrogen) atoms. The van der Waals surface area contributed by atoms with Gasteiger partial charge in [-0.1, -0.05) is 22.4 Å². The number of rotatable bonds is 2. The maximum Gasteiger partial charge on any atom is 0.252 e. The van der Waals surface area contributed by atoms with Gasteiger partial charge in [-0.15, -0.1) is 0 Å². The molecule has 1 aliphatic heterocycles. The topological polar surface area (TPSA) is 66.4 Å². The molecule has 3 aliphatic rings. The number of carbonyl (C=O) groups is 2. The van der Waals surface area contributed by atoms with Gasteiger partial charge in [-0.2, -0.15) is 0 Å². The van der Waals surface area contributed by atoms with Gasteiger partial charge in [0.25, 0.3) is 5.91 Å². The summed E-state index contributed by atoms with van der Waals surface area (Å²) >= 11 is 3.62. The second-order valence-corrected chi connectivity index (χ2v) is 7.93. The molecule has 0 spiro atoms. The van der Waals surface area contributed by atoms with E-state index in [1.54, 1.807) is 0 Å². The average Bonchev–Trinajstić information content (AvgIpc) is 2.65. The van der Waals surface area contributed by atoms with Crippen molar-refractivity contribution in [2.45, 2.75) is 67.8 Å². The fraction of sp³-hybridized carbons (Fsp3) is 0.867. The summed E-state index contributed by atoms with van der Waals surface area (Å²) in [6.45, 7) is 0. The number of fused-ring (bicyclic) bond motifs is 1. The molecule has 112 valence electrons. The number of amides is 1. The highest BCUT2D eigenvalue weighted by atomic mass is 79.9. The quantitative estimate of drug-likeness (QED) is 0.753. The van der Waals surface area contributed by atoms with Crippen LogP contribution in [0.3, 0.4) is 0 Å².